The van der Waals surface area contributed by atoms with Gasteiger partial charge >= 0.3 is 11.9 Å². The number of fused-ring (bicyclic) bond motifs is 9. The first-order valence-corrected chi connectivity index (χ1v) is 22.1. The SMILES string of the molecule is C=CC(=O)OCCCC1(C(=C)C)c2ccccc2-c2ccc(-c3ccc4c(c3)C(C)(C)c3cc(-c5ccc6c(c5)C(CCCOC(=O)C=C)(C(=C)C)c5ccccc5-6)ccc3-4)cc21. The van der Waals surface area contributed by atoms with E-state index in [0.29, 0.717) is 26.1 Å². The van der Waals surface area contributed by atoms with E-state index in [-0.39, 0.29) is 5.41 Å². The second-order valence-corrected chi connectivity index (χ2v) is 18.1. The second-order valence-electron chi connectivity index (χ2n) is 18.1. The van der Waals surface area contributed by atoms with E-state index in [0.717, 1.165) is 24.0 Å². The summed E-state index contributed by atoms with van der Waals surface area (Å²) in [5.74, 6) is -0.796. The summed E-state index contributed by atoms with van der Waals surface area (Å²) in [7, 11) is 0. The predicted molar refractivity (Wildman–Crippen MR) is 258 cm³/mol. The number of hydrogen-bond acceptors (Lipinski definition) is 4. The van der Waals surface area contributed by atoms with Gasteiger partial charge in [0.2, 0.25) is 0 Å². The van der Waals surface area contributed by atoms with Crippen molar-refractivity contribution in [1.82, 2.24) is 0 Å². The Bertz CT molecular complexity index is 2730. The standard InChI is InChI=1S/C59H54O4/c1-9-55(60)62-31-15-29-58(37(3)4)49-19-13-11-17-43(49)47-27-23-41(35-53(47)58)39-21-25-45-46-26-22-40(34-52(46)57(7,8)51(45)33-39)42-24-28-48-44-18-12-14-20-50(44)59(38(5)6,54(48)36-42)30-16-32-63-56(61)10-2/h9-14,17-28,33-36H,1-3,5,15-16,29-32H2,4,6-8H3. The molecule has 0 spiro atoms. The summed E-state index contributed by atoms with van der Waals surface area (Å²) in [6.07, 6.45) is 5.37. The molecule has 0 aliphatic heterocycles. The molecular formula is C59H54O4. The molecule has 63 heavy (non-hydrogen) atoms. The number of carbonyl (C=O) groups is 2. The maximum absolute atomic E-state index is 11.9. The zero-order chi connectivity index (χ0) is 44.3. The number of benzene rings is 6. The highest BCUT2D eigenvalue weighted by molar-refractivity contribution is 5.90. The van der Waals surface area contributed by atoms with Gasteiger partial charge in [0.25, 0.3) is 0 Å². The zero-order valence-corrected chi connectivity index (χ0v) is 36.9. The van der Waals surface area contributed by atoms with Crippen molar-refractivity contribution in [3.8, 4) is 55.6 Å². The topological polar surface area (TPSA) is 52.6 Å². The minimum Gasteiger partial charge on any atom is -0.463 e. The average molecular weight is 827 g/mol. The molecule has 9 rings (SSSR count). The van der Waals surface area contributed by atoms with Crippen molar-refractivity contribution in [2.24, 2.45) is 0 Å². The summed E-state index contributed by atoms with van der Waals surface area (Å²) in [5, 5.41) is 0. The van der Waals surface area contributed by atoms with Crippen LogP contribution in [-0.4, -0.2) is 25.2 Å². The van der Waals surface area contributed by atoms with Crippen molar-refractivity contribution < 1.29 is 19.1 Å². The maximum Gasteiger partial charge on any atom is 0.330 e. The van der Waals surface area contributed by atoms with Gasteiger partial charge in [-0.3, -0.25) is 0 Å². The van der Waals surface area contributed by atoms with Crippen molar-refractivity contribution in [1.29, 1.82) is 0 Å². The van der Waals surface area contributed by atoms with Crippen LogP contribution in [0.15, 0.2) is 171 Å². The lowest BCUT2D eigenvalue weighted by Gasteiger charge is -2.33. The number of allylic oxidation sites excluding steroid dienone is 2. The summed E-state index contributed by atoms with van der Waals surface area (Å²) >= 11 is 0. The first-order valence-electron chi connectivity index (χ1n) is 22.1. The van der Waals surface area contributed by atoms with E-state index in [4.69, 9.17) is 9.47 Å². The molecule has 2 atom stereocenters. The van der Waals surface area contributed by atoms with E-state index in [1.807, 2.05) is 0 Å². The third-order valence-corrected chi connectivity index (χ3v) is 14.3. The van der Waals surface area contributed by atoms with Crippen LogP contribution in [0.3, 0.4) is 0 Å². The summed E-state index contributed by atoms with van der Waals surface area (Å²) in [5.41, 5.74) is 20.9. The highest BCUT2D eigenvalue weighted by atomic mass is 16.5. The summed E-state index contributed by atoms with van der Waals surface area (Å²) in [4.78, 5) is 23.8. The molecule has 3 aliphatic rings. The van der Waals surface area contributed by atoms with E-state index in [1.165, 1.54) is 101 Å². The molecule has 2 unspecified atom stereocenters. The molecule has 0 saturated heterocycles. The quantitative estimate of drug-likeness (QED) is 0.0475. The van der Waals surface area contributed by atoms with Crippen molar-refractivity contribution >= 4 is 11.9 Å². The molecule has 314 valence electrons. The summed E-state index contributed by atoms with van der Waals surface area (Å²) in [6, 6.07) is 45.1. The van der Waals surface area contributed by atoms with Crippen molar-refractivity contribution in [2.75, 3.05) is 13.2 Å². The minimum atomic E-state index is -0.407. The lowest BCUT2D eigenvalue weighted by molar-refractivity contribution is -0.138. The molecule has 0 fully saturated rings. The van der Waals surface area contributed by atoms with E-state index in [2.05, 4.69) is 175 Å². The fraction of sp³-hybridized carbons (Fsp3) is 0.220. The fourth-order valence-electron chi connectivity index (χ4n) is 11.2. The Morgan fingerprint density at radius 2 is 0.794 bits per heavy atom. The van der Waals surface area contributed by atoms with Crippen LogP contribution in [0, 0.1) is 0 Å². The molecule has 0 N–H and O–H groups in total. The Labute approximate surface area is 372 Å². The molecule has 0 amide bonds. The largest absolute Gasteiger partial charge is 0.463 e. The van der Waals surface area contributed by atoms with E-state index in [9.17, 15) is 9.59 Å². The third-order valence-electron chi connectivity index (χ3n) is 14.3. The van der Waals surface area contributed by atoms with Crippen LogP contribution in [-0.2, 0) is 35.3 Å². The second kappa shape index (κ2) is 15.8. The van der Waals surface area contributed by atoms with Crippen LogP contribution in [0.4, 0.5) is 0 Å². The van der Waals surface area contributed by atoms with Crippen molar-refractivity contribution in [3.05, 3.63) is 204 Å². The maximum atomic E-state index is 11.9. The molecule has 0 bridgehead atoms. The Morgan fingerprint density at radius 1 is 0.476 bits per heavy atom. The molecule has 4 heteroatoms. The van der Waals surface area contributed by atoms with E-state index >= 15 is 0 Å². The molecule has 4 nitrogen and oxygen atoms in total. The number of esters is 2. The van der Waals surface area contributed by atoms with Gasteiger partial charge in [-0.2, -0.15) is 0 Å². The molecule has 0 aromatic heterocycles. The van der Waals surface area contributed by atoms with E-state index in [1.54, 1.807) is 0 Å². The molecule has 6 aromatic rings. The lowest BCUT2D eigenvalue weighted by atomic mass is 9.69. The summed E-state index contributed by atoms with van der Waals surface area (Å²) in [6.45, 7) is 25.9. The first kappa shape index (κ1) is 41.6. The van der Waals surface area contributed by atoms with Crippen LogP contribution >= 0.6 is 0 Å². The van der Waals surface area contributed by atoms with Gasteiger partial charge in [0, 0.05) is 28.4 Å². The molecular weight excluding hydrogens is 773 g/mol. The van der Waals surface area contributed by atoms with Crippen molar-refractivity contribution in [2.45, 2.75) is 69.6 Å². The molecule has 3 aliphatic carbocycles. The number of rotatable bonds is 14. The van der Waals surface area contributed by atoms with Crippen LogP contribution in [0.5, 0.6) is 0 Å². The van der Waals surface area contributed by atoms with Gasteiger partial charge in [0.1, 0.15) is 0 Å². The fourth-order valence-corrected chi connectivity index (χ4v) is 11.2. The van der Waals surface area contributed by atoms with Gasteiger partial charge < -0.3 is 9.47 Å². The smallest absolute Gasteiger partial charge is 0.330 e. The summed E-state index contributed by atoms with van der Waals surface area (Å²) < 4.78 is 10.9. The van der Waals surface area contributed by atoms with Gasteiger partial charge in [-0.25, -0.2) is 9.59 Å². The number of ether oxygens (including phenoxy) is 2. The van der Waals surface area contributed by atoms with Crippen LogP contribution < -0.4 is 0 Å². The lowest BCUT2D eigenvalue weighted by Crippen LogP contribution is -2.27. The molecule has 0 radical (unpaired) electrons. The highest BCUT2D eigenvalue weighted by Gasteiger charge is 2.45. The van der Waals surface area contributed by atoms with Crippen LogP contribution in [0.2, 0.25) is 0 Å². The van der Waals surface area contributed by atoms with Gasteiger partial charge in [-0.05, 0) is 153 Å². The molecule has 0 heterocycles. The molecule has 0 saturated carbocycles. The minimum absolute atomic E-state index is 0.245. The van der Waals surface area contributed by atoms with Gasteiger partial charge in [0.05, 0.1) is 13.2 Å². The third kappa shape index (κ3) is 6.49. The first-order chi connectivity index (χ1) is 30.4. The Balaban J connectivity index is 1.06. The Kier molecular flexibility index (Phi) is 10.5. The molecule has 6 aromatic carbocycles. The van der Waals surface area contributed by atoms with Crippen LogP contribution in [0.1, 0.15) is 86.8 Å². The zero-order valence-electron chi connectivity index (χ0n) is 36.9. The van der Waals surface area contributed by atoms with Crippen molar-refractivity contribution in [3.63, 3.8) is 0 Å². The number of carbonyl (C=O) groups excluding carboxylic acids is 2. The van der Waals surface area contributed by atoms with E-state index < -0.39 is 22.8 Å². The normalized spacial score (nSPS) is 17.9. The van der Waals surface area contributed by atoms with Crippen LogP contribution in [0.25, 0.3) is 55.6 Å². The van der Waals surface area contributed by atoms with Gasteiger partial charge in [-0.1, -0.05) is 148 Å². The highest BCUT2D eigenvalue weighted by Crippen LogP contribution is 2.58. The predicted octanol–water partition coefficient (Wildman–Crippen LogP) is 14.0. The Morgan fingerprint density at radius 3 is 1.14 bits per heavy atom. The van der Waals surface area contributed by atoms with Gasteiger partial charge in [0.15, 0.2) is 0 Å². The Hall–Kier alpha value is -6.78. The number of hydrogen-bond donors (Lipinski definition) is 0. The average Bonchev–Trinajstić information content (AvgIpc) is 3.84. The van der Waals surface area contributed by atoms with Gasteiger partial charge in [-0.15, -0.1) is 0 Å². The monoisotopic (exact) mass is 826 g/mol.